The molecule has 2 amide bonds. The minimum absolute atomic E-state index is 0.279. The fourth-order valence-electron chi connectivity index (χ4n) is 4.64. The SMILES string of the molecule is C1CCOC1.O=C(Nc1sc(-c2nc(-c3ccccc3)c(NC(=O)c3ccc(Cl)cc3)s2)nc1-c1ccccc1)c1ccc(Cl)cc1. The van der Waals surface area contributed by atoms with E-state index < -0.39 is 0 Å². The summed E-state index contributed by atoms with van der Waals surface area (Å²) in [6, 6.07) is 32.6. The van der Waals surface area contributed by atoms with Crippen LogP contribution in [0.1, 0.15) is 33.6 Å². The third-order valence-corrected chi connectivity index (χ3v) is 9.61. The lowest BCUT2D eigenvalue weighted by Gasteiger charge is -2.05. The van der Waals surface area contributed by atoms with Crippen LogP contribution in [-0.4, -0.2) is 35.0 Å². The molecule has 0 bridgehead atoms. The number of benzene rings is 4. The predicted octanol–water partition coefficient (Wildman–Crippen LogP) is 10.2. The lowest BCUT2D eigenvalue weighted by molar-refractivity contribution is 0.101. The van der Waals surface area contributed by atoms with Crippen molar-refractivity contribution in [2.75, 3.05) is 23.8 Å². The van der Waals surface area contributed by atoms with Gasteiger partial charge in [0.15, 0.2) is 10.0 Å². The Bertz CT molecular complexity index is 1810. The van der Waals surface area contributed by atoms with Crippen LogP contribution < -0.4 is 10.6 Å². The number of halogens is 2. The topological polar surface area (TPSA) is 93.2 Å². The molecule has 2 N–H and O–H groups in total. The van der Waals surface area contributed by atoms with Gasteiger partial charge in [0.25, 0.3) is 11.8 Å². The summed E-state index contributed by atoms with van der Waals surface area (Å²) in [5, 5.41) is 9.51. The minimum Gasteiger partial charge on any atom is -0.381 e. The number of anilines is 2. The molecule has 4 aromatic carbocycles. The molecule has 2 aromatic heterocycles. The van der Waals surface area contributed by atoms with Gasteiger partial charge in [-0.2, -0.15) is 0 Å². The van der Waals surface area contributed by atoms with E-state index in [4.69, 9.17) is 37.9 Å². The van der Waals surface area contributed by atoms with Crippen molar-refractivity contribution >= 4 is 67.7 Å². The van der Waals surface area contributed by atoms with Crippen LogP contribution in [0.25, 0.3) is 32.5 Å². The minimum atomic E-state index is -0.279. The number of nitrogens with zero attached hydrogens (tertiary/aromatic N) is 2. The molecule has 1 aliphatic heterocycles. The van der Waals surface area contributed by atoms with Gasteiger partial charge in [0.05, 0.1) is 0 Å². The molecule has 47 heavy (non-hydrogen) atoms. The van der Waals surface area contributed by atoms with Crippen LogP contribution >= 0.6 is 45.9 Å². The van der Waals surface area contributed by atoms with E-state index in [9.17, 15) is 9.59 Å². The Morgan fingerprint density at radius 3 is 1.30 bits per heavy atom. The lowest BCUT2D eigenvalue weighted by Crippen LogP contribution is -2.11. The van der Waals surface area contributed by atoms with Crippen molar-refractivity contribution in [2.45, 2.75) is 12.8 Å². The highest BCUT2D eigenvalue weighted by Gasteiger charge is 2.23. The number of hydrogen-bond acceptors (Lipinski definition) is 7. The fourth-order valence-corrected chi connectivity index (χ4v) is 6.88. The molecule has 11 heteroatoms. The lowest BCUT2D eigenvalue weighted by atomic mass is 10.1. The Balaban J connectivity index is 0.000000707. The molecule has 1 aliphatic rings. The Labute approximate surface area is 290 Å². The Morgan fingerprint density at radius 1 is 0.574 bits per heavy atom. The molecule has 0 aliphatic carbocycles. The van der Waals surface area contributed by atoms with Crippen LogP contribution in [0.3, 0.4) is 0 Å². The second-order valence-corrected chi connectivity index (χ2v) is 13.2. The molecule has 0 atom stereocenters. The predicted molar refractivity (Wildman–Crippen MR) is 193 cm³/mol. The van der Waals surface area contributed by atoms with Crippen molar-refractivity contribution in [3.63, 3.8) is 0 Å². The van der Waals surface area contributed by atoms with E-state index in [-0.39, 0.29) is 11.8 Å². The summed E-state index contributed by atoms with van der Waals surface area (Å²) in [7, 11) is 0. The van der Waals surface area contributed by atoms with Gasteiger partial charge in [-0.1, -0.05) is 107 Å². The number of aromatic nitrogens is 2. The Morgan fingerprint density at radius 2 is 0.957 bits per heavy atom. The quantitative estimate of drug-likeness (QED) is 0.173. The Hall–Kier alpha value is -4.38. The molecule has 7 nitrogen and oxygen atoms in total. The number of hydrogen-bond donors (Lipinski definition) is 2. The molecular formula is C36H28Cl2N4O3S2. The van der Waals surface area contributed by atoms with E-state index in [1.54, 1.807) is 48.5 Å². The fraction of sp³-hybridized carbons (Fsp3) is 0.111. The van der Waals surface area contributed by atoms with Gasteiger partial charge in [0.1, 0.15) is 21.4 Å². The monoisotopic (exact) mass is 698 g/mol. The zero-order valence-electron chi connectivity index (χ0n) is 24.9. The third-order valence-electron chi connectivity index (χ3n) is 7.03. The summed E-state index contributed by atoms with van der Waals surface area (Å²) < 4.78 is 4.94. The maximum absolute atomic E-state index is 13.1. The molecule has 0 saturated carbocycles. The smallest absolute Gasteiger partial charge is 0.256 e. The van der Waals surface area contributed by atoms with Crippen molar-refractivity contribution in [3.05, 3.63) is 130 Å². The number of rotatable bonds is 7. The highest BCUT2D eigenvalue weighted by molar-refractivity contribution is 7.25. The van der Waals surface area contributed by atoms with Gasteiger partial charge in [0.2, 0.25) is 0 Å². The van der Waals surface area contributed by atoms with Crippen molar-refractivity contribution in [3.8, 4) is 32.5 Å². The van der Waals surface area contributed by atoms with Crippen molar-refractivity contribution in [1.29, 1.82) is 0 Å². The van der Waals surface area contributed by atoms with E-state index in [1.165, 1.54) is 35.5 Å². The normalized spacial score (nSPS) is 12.2. The highest BCUT2D eigenvalue weighted by Crippen LogP contribution is 2.43. The van der Waals surface area contributed by atoms with Crippen LogP contribution in [0, 0.1) is 0 Å². The molecule has 3 heterocycles. The van der Waals surface area contributed by atoms with E-state index >= 15 is 0 Å². The molecule has 1 saturated heterocycles. The summed E-state index contributed by atoms with van der Waals surface area (Å²) in [6.07, 6.45) is 2.56. The Kier molecular flexibility index (Phi) is 10.7. The molecule has 1 fully saturated rings. The van der Waals surface area contributed by atoms with Gasteiger partial charge in [-0.3, -0.25) is 9.59 Å². The summed E-state index contributed by atoms with van der Waals surface area (Å²) in [6.45, 7) is 2.00. The van der Waals surface area contributed by atoms with Crippen molar-refractivity contribution in [1.82, 2.24) is 9.97 Å². The van der Waals surface area contributed by atoms with Crippen LogP contribution in [0.2, 0.25) is 10.0 Å². The number of nitrogens with one attached hydrogen (secondary N) is 2. The van der Waals surface area contributed by atoms with Crippen LogP contribution in [0.15, 0.2) is 109 Å². The second kappa shape index (κ2) is 15.5. The van der Waals surface area contributed by atoms with Crippen molar-refractivity contribution < 1.29 is 14.3 Å². The summed E-state index contributed by atoms with van der Waals surface area (Å²) in [5.74, 6) is -0.557. The van der Waals surface area contributed by atoms with Crippen LogP contribution in [-0.2, 0) is 4.74 Å². The van der Waals surface area contributed by atoms with Gasteiger partial charge in [0, 0.05) is 45.5 Å². The maximum Gasteiger partial charge on any atom is 0.256 e. The molecule has 236 valence electrons. The summed E-state index contributed by atoms with van der Waals surface area (Å²) in [5.41, 5.74) is 3.90. The first-order valence-electron chi connectivity index (χ1n) is 14.8. The average molecular weight is 700 g/mol. The standard InChI is InChI=1S/C32H20Cl2N4O2S2.C4H8O/c33-23-15-11-21(12-16-23)27(39)37-29-25(19-7-3-1-4-8-19)35-31(41-29)32-36-26(20-9-5-2-6-10-20)30(42-32)38-28(40)22-13-17-24(34)18-14-22;1-2-4-5-3-1/h1-18H,(H,37,39)(H,38,40);1-4H2. The first-order valence-corrected chi connectivity index (χ1v) is 17.2. The second-order valence-electron chi connectivity index (χ2n) is 10.4. The number of thiazole rings is 2. The van der Waals surface area contributed by atoms with Gasteiger partial charge in [-0.05, 0) is 61.4 Å². The first-order chi connectivity index (χ1) is 22.9. The molecular weight excluding hydrogens is 671 g/mol. The van der Waals surface area contributed by atoms with E-state index in [0.29, 0.717) is 52.6 Å². The van der Waals surface area contributed by atoms with Gasteiger partial charge >= 0.3 is 0 Å². The molecule has 0 unspecified atom stereocenters. The third kappa shape index (κ3) is 8.32. The first kappa shape index (κ1) is 32.6. The van der Waals surface area contributed by atoms with E-state index in [0.717, 1.165) is 24.3 Å². The van der Waals surface area contributed by atoms with Crippen LogP contribution in [0.4, 0.5) is 10.0 Å². The van der Waals surface area contributed by atoms with Gasteiger partial charge in [-0.25, -0.2) is 9.97 Å². The van der Waals surface area contributed by atoms with Gasteiger partial charge < -0.3 is 15.4 Å². The molecule has 6 aromatic rings. The van der Waals surface area contributed by atoms with Gasteiger partial charge in [-0.15, -0.1) is 0 Å². The molecule has 0 spiro atoms. The average Bonchev–Trinajstić information content (AvgIpc) is 3.89. The number of carbonyl (C=O) groups is 2. The van der Waals surface area contributed by atoms with E-state index in [2.05, 4.69) is 10.6 Å². The maximum atomic E-state index is 13.1. The van der Waals surface area contributed by atoms with Crippen LogP contribution in [0.5, 0.6) is 0 Å². The number of amides is 2. The molecule has 0 radical (unpaired) electrons. The summed E-state index contributed by atoms with van der Waals surface area (Å²) in [4.78, 5) is 36.1. The molecule has 7 rings (SSSR count). The van der Waals surface area contributed by atoms with E-state index in [1.807, 2.05) is 60.7 Å². The number of carbonyl (C=O) groups excluding carboxylic acids is 2. The summed E-state index contributed by atoms with van der Waals surface area (Å²) >= 11 is 14.7. The largest absolute Gasteiger partial charge is 0.381 e. The zero-order valence-corrected chi connectivity index (χ0v) is 28.1. The van der Waals surface area contributed by atoms with Crippen molar-refractivity contribution in [2.24, 2.45) is 0 Å². The number of ether oxygens (including phenoxy) is 1. The zero-order chi connectivity index (χ0) is 32.6. The highest BCUT2D eigenvalue weighted by atomic mass is 35.5.